The van der Waals surface area contributed by atoms with Gasteiger partial charge in [0.1, 0.15) is 0 Å². The second-order valence-corrected chi connectivity index (χ2v) is 4.78. The SMILES string of the molecule is CCC(CC)N(CCBr)C(=O)c1cc(C)no1. The van der Waals surface area contributed by atoms with Crippen LogP contribution in [0.4, 0.5) is 0 Å². The normalized spacial score (nSPS) is 10.9. The lowest BCUT2D eigenvalue weighted by molar-refractivity contribution is 0.0640. The van der Waals surface area contributed by atoms with E-state index in [-0.39, 0.29) is 11.9 Å². The van der Waals surface area contributed by atoms with Crippen LogP contribution in [0.2, 0.25) is 0 Å². The summed E-state index contributed by atoms with van der Waals surface area (Å²) in [5.41, 5.74) is 0.733. The van der Waals surface area contributed by atoms with Crippen molar-refractivity contribution in [2.24, 2.45) is 0 Å². The Bertz CT molecular complexity index is 361. The van der Waals surface area contributed by atoms with Crippen molar-refractivity contribution in [1.82, 2.24) is 10.1 Å². The number of amides is 1. The van der Waals surface area contributed by atoms with E-state index in [0.29, 0.717) is 12.3 Å². The smallest absolute Gasteiger partial charge is 0.292 e. The van der Waals surface area contributed by atoms with Gasteiger partial charge in [-0.1, -0.05) is 34.9 Å². The van der Waals surface area contributed by atoms with Crippen LogP contribution < -0.4 is 0 Å². The third-order valence-corrected chi connectivity index (χ3v) is 3.16. The maximum Gasteiger partial charge on any atom is 0.292 e. The van der Waals surface area contributed by atoms with Crippen molar-refractivity contribution in [3.05, 3.63) is 17.5 Å². The van der Waals surface area contributed by atoms with Gasteiger partial charge in [-0.05, 0) is 19.8 Å². The van der Waals surface area contributed by atoms with Crippen molar-refractivity contribution < 1.29 is 9.32 Å². The van der Waals surface area contributed by atoms with E-state index in [1.807, 2.05) is 11.8 Å². The van der Waals surface area contributed by atoms with Crippen molar-refractivity contribution in [2.45, 2.75) is 39.7 Å². The van der Waals surface area contributed by atoms with Crippen LogP contribution in [0.25, 0.3) is 0 Å². The fourth-order valence-corrected chi connectivity index (χ4v) is 2.26. The fraction of sp³-hybridized carbons (Fsp3) is 0.667. The van der Waals surface area contributed by atoms with Crippen LogP contribution in [0.5, 0.6) is 0 Å². The standard InChI is InChI=1S/C12H19BrN2O2/c1-4-10(5-2)15(7-6-13)12(16)11-8-9(3)14-17-11/h8,10H,4-7H2,1-3H3. The summed E-state index contributed by atoms with van der Waals surface area (Å²) in [5.74, 6) is 0.258. The van der Waals surface area contributed by atoms with Crippen LogP contribution in [0.1, 0.15) is 42.9 Å². The van der Waals surface area contributed by atoms with E-state index >= 15 is 0 Å². The second-order valence-electron chi connectivity index (χ2n) is 3.99. The van der Waals surface area contributed by atoms with E-state index in [1.165, 1.54) is 0 Å². The lowest BCUT2D eigenvalue weighted by Crippen LogP contribution is -2.40. The first-order chi connectivity index (χ1) is 8.13. The molecule has 1 amide bonds. The average Bonchev–Trinajstić information content (AvgIpc) is 2.75. The van der Waals surface area contributed by atoms with Crippen LogP contribution in [0.3, 0.4) is 0 Å². The quantitative estimate of drug-likeness (QED) is 0.759. The Hall–Kier alpha value is -0.840. The predicted octanol–water partition coefficient (Wildman–Crippen LogP) is 3.01. The van der Waals surface area contributed by atoms with Gasteiger partial charge in [0.25, 0.3) is 5.91 Å². The molecule has 0 fully saturated rings. The van der Waals surface area contributed by atoms with Crippen molar-refractivity contribution >= 4 is 21.8 Å². The average molecular weight is 303 g/mol. The number of carbonyl (C=O) groups is 1. The molecule has 0 spiro atoms. The van der Waals surface area contributed by atoms with E-state index in [4.69, 9.17) is 4.52 Å². The number of nitrogens with zero attached hydrogens (tertiary/aromatic N) is 2. The fourth-order valence-electron chi connectivity index (χ4n) is 1.88. The number of carbonyl (C=O) groups excluding carboxylic acids is 1. The molecule has 1 aromatic rings. The number of alkyl halides is 1. The summed E-state index contributed by atoms with van der Waals surface area (Å²) in [4.78, 5) is 14.1. The predicted molar refractivity (Wildman–Crippen MR) is 70.4 cm³/mol. The van der Waals surface area contributed by atoms with E-state index in [1.54, 1.807) is 6.07 Å². The van der Waals surface area contributed by atoms with Gasteiger partial charge >= 0.3 is 0 Å². The van der Waals surface area contributed by atoms with Gasteiger partial charge in [0, 0.05) is 24.0 Å². The minimum absolute atomic E-state index is 0.0706. The molecule has 0 aromatic carbocycles. The van der Waals surface area contributed by atoms with Gasteiger partial charge in [0.15, 0.2) is 0 Å². The summed E-state index contributed by atoms with van der Waals surface area (Å²) < 4.78 is 5.04. The minimum Gasteiger partial charge on any atom is -0.351 e. The van der Waals surface area contributed by atoms with Crippen LogP contribution in [0, 0.1) is 6.92 Å². The third-order valence-electron chi connectivity index (χ3n) is 2.81. The first-order valence-electron chi connectivity index (χ1n) is 5.94. The molecular formula is C12H19BrN2O2. The summed E-state index contributed by atoms with van der Waals surface area (Å²) >= 11 is 3.38. The lowest BCUT2D eigenvalue weighted by Gasteiger charge is -2.29. The van der Waals surface area contributed by atoms with Gasteiger partial charge in [0.05, 0.1) is 5.69 Å². The van der Waals surface area contributed by atoms with Gasteiger partial charge in [-0.25, -0.2) is 0 Å². The van der Waals surface area contributed by atoms with Crippen molar-refractivity contribution in [1.29, 1.82) is 0 Å². The molecule has 0 aliphatic carbocycles. The number of hydrogen-bond donors (Lipinski definition) is 0. The molecule has 0 aliphatic heterocycles. The van der Waals surface area contributed by atoms with E-state index in [0.717, 1.165) is 23.9 Å². The summed E-state index contributed by atoms with van der Waals surface area (Å²) in [6.07, 6.45) is 1.89. The number of aromatic nitrogens is 1. The molecule has 0 N–H and O–H groups in total. The highest BCUT2D eigenvalue weighted by Gasteiger charge is 2.24. The molecule has 4 nitrogen and oxygen atoms in total. The van der Waals surface area contributed by atoms with E-state index < -0.39 is 0 Å². The van der Waals surface area contributed by atoms with Crippen LogP contribution >= 0.6 is 15.9 Å². The Morgan fingerprint density at radius 2 is 2.18 bits per heavy atom. The Balaban J connectivity index is 2.86. The summed E-state index contributed by atoms with van der Waals surface area (Å²) in [5, 5.41) is 4.52. The van der Waals surface area contributed by atoms with Crippen LogP contribution in [-0.2, 0) is 0 Å². The molecule has 0 radical (unpaired) electrons. The van der Waals surface area contributed by atoms with Crippen molar-refractivity contribution in [2.75, 3.05) is 11.9 Å². The zero-order valence-corrected chi connectivity index (χ0v) is 12.2. The largest absolute Gasteiger partial charge is 0.351 e. The zero-order chi connectivity index (χ0) is 12.8. The number of halogens is 1. The molecule has 0 unspecified atom stereocenters. The van der Waals surface area contributed by atoms with Crippen molar-refractivity contribution in [3.8, 4) is 0 Å². The summed E-state index contributed by atoms with van der Waals surface area (Å²) in [7, 11) is 0. The molecule has 5 heteroatoms. The van der Waals surface area contributed by atoms with Crippen LogP contribution in [-0.4, -0.2) is 33.9 Å². The maximum atomic E-state index is 12.3. The Labute approximate surface area is 110 Å². The third kappa shape index (κ3) is 3.56. The first kappa shape index (κ1) is 14.2. The highest BCUT2D eigenvalue weighted by atomic mass is 79.9. The Kier molecular flexibility index (Phi) is 5.68. The molecule has 0 atom stereocenters. The second kappa shape index (κ2) is 6.79. The maximum absolute atomic E-state index is 12.3. The van der Waals surface area contributed by atoms with Crippen LogP contribution in [0.15, 0.2) is 10.6 Å². The molecule has 0 aliphatic rings. The molecule has 1 heterocycles. The van der Waals surface area contributed by atoms with Gasteiger partial charge in [-0.2, -0.15) is 0 Å². The molecule has 0 saturated carbocycles. The van der Waals surface area contributed by atoms with Gasteiger partial charge in [0.2, 0.25) is 5.76 Å². The molecule has 0 bridgehead atoms. The Morgan fingerprint density at radius 3 is 2.59 bits per heavy atom. The summed E-state index contributed by atoms with van der Waals surface area (Å²) in [6.45, 7) is 6.68. The molecule has 17 heavy (non-hydrogen) atoms. The number of hydrogen-bond acceptors (Lipinski definition) is 3. The lowest BCUT2D eigenvalue weighted by atomic mass is 10.1. The van der Waals surface area contributed by atoms with E-state index in [2.05, 4.69) is 34.9 Å². The highest BCUT2D eigenvalue weighted by Crippen LogP contribution is 2.14. The number of rotatable bonds is 6. The molecule has 96 valence electrons. The first-order valence-corrected chi connectivity index (χ1v) is 7.06. The molecule has 1 aromatic heterocycles. The van der Waals surface area contributed by atoms with Gasteiger partial charge in [-0.3, -0.25) is 4.79 Å². The molecule has 1 rings (SSSR count). The zero-order valence-electron chi connectivity index (χ0n) is 10.6. The van der Waals surface area contributed by atoms with Gasteiger partial charge < -0.3 is 9.42 Å². The highest BCUT2D eigenvalue weighted by molar-refractivity contribution is 9.09. The summed E-state index contributed by atoms with van der Waals surface area (Å²) in [6, 6.07) is 1.94. The monoisotopic (exact) mass is 302 g/mol. The molecular weight excluding hydrogens is 284 g/mol. The van der Waals surface area contributed by atoms with E-state index in [9.17, 15) is 4.79 Å². The number of aryl methyl sites for hydroxylation is 1. The van der Waals surface area contributed by atoms with Crippen molar-refractivity contribution in [3.63, 3.8) is 0 Å². The minimum atomic E-state index is -0.0706. The topological polar surface area (TPSA) is 46.3 Å². The Morgan fingerprint density at radius 1 is 1.53 bits per heavy atom. The van der Waals surface area contributed by atoms with Gasteiger partial charge in [-0.15, -0.1) is 0 Å². The molecule has 0 saturated heterocycles.